The van der Waals surface area contributed by atoms with E-state index in [-0.39, 0.29) is 5.91 Å². The lowest BCUT2D eigenvalue weighted by atomic mass is 9.67. The Kier molecular flexibility index (Phi) is 5.52. The molecule has 0 bridgehead atoms. The zero-order chi connectivity index (χ0) is 17.9. The van der Waals surface area contributed by atoms with Crippen LogP contribution in [0, 0.1) is 11.3 Å². The minimum absolute atomic E-state index is 0.0868. The average Bonchev–Trinajstić information content (AvgIpc) is 2.93. The van der Waals surface area contributed by atoms with Crippen LogP contribution in [0.3, 0.4) is 0 Å². The molecule has 1 aliphatic heterocycles. The van der Waals surface area contributed by atoms with Gasteiger partial charge in [0, 0.05) is 19.6 Å². The lowest BCUT2D eigenvalue weighted by Crippen LogP contribution is -2.40. The van der Waals surface area contributed by atoms with Crippen LogP contribution in [0.25, 0.3) is 0 Å². The van der Waals surface area contributed by atoms with Crippen molar-refractivity contribution in [2.24, 2.45) is 11.3 Å². The van der Waals surface area contributed by atoms with E-state index in [0.29, 0.717) is 28.4 Å². The van der Waals surface area contributed by atoms with Gasteiger partial charge in [0.15, 0.2) is 11.5 Å². The Morgan fingerprint density at radius 1 is 1.24 bits per heavy atom. The Morgan fingerprint density at radius 2 is 2.00 bits per heavy atom. The fraction of sp³-hybridized carbons (Fsp3) is 0.650. The lowest BCUT2D eigenvalue weighted by molar-refractivity contribution is 0.0913. The summed E-state index contributed by atoms with van der Waals surface area (Å²) in [7, 11) is 5.35. The molecule has 5 nitrogen and oxygen atoms in total. The number of rotatable bonds is 5. The van der Waals surface area contributed by atoms with E-state index in [0.717, 1.165) is 19.6 Å². The largest absolute Gasteiger partial charge is 0.493 e. The number of hydrogen-bond acceptors (Lipinski definition) is 4. The zero-order valence-corrected chi connectivity index (χ0v) is 15.6. The minimum atomic E-state index is -0.0868. The number of hydrogen-bond donors (Lipinski definition) is 1. The van der Waals surface area contributed by atoms with Gasteiger partial charge in [-0.05, 0) is 43.4 Å². The molecule has 1 amide bonds. The number of carbonyl (C=O) groups is 1. The number of likely N-dealkylation sites (tertiary alicyclic amines) is 1. The topological polar surface area (TPSA) is 50.8 Å². The molecule has 1 unspecified atom stereocenters. The molecule has 1 spiro atoms. The molecular weight excluding hydrogens is 316 g/mol. The van der Waals surface area contributed by atoms with E-state index in [1.165, 1.54) is 32.1 Å². The van der Waals surface area contributed by atoms with Gasteiger partial charge in [0.2, 0.25) is 0 Å². The Labute approximate surface area is 150 Å². The molecule has 138 valence electrons. The summed E-state index contributed by atoms with van der Waals surface area (Å²) in [6, 6.07) is 5.41. The van der Waals surface area contributed by atoms with E-state index in [1.54, 1.807) is 26.4 Å². The summed E-state index contributed by atoms with van der Waals surface area (Å²) in [6.07, 6.45) is 6.58. The van der Waals surface area contributed by atoms with Gasteiger partial charge in [-0.2, -0.15) is 0 Å². The van der Waals surface area contributed by atoms with E-state index in [1.807, 2.05) is 6.07 Å². The van der Waals surface area contributed by atoms with Crippen molar-refractivity contribution in [1.29, 1.82) is 0 Å². The van der Waals surface area contributed by atoms with Gasteiger partial charge >= 0.3 is 0 Å². The van der Waals surface area contributed by atoms with E-state index >= 15 is 0 Å². The number of carbonyl (C=O) groups excluding carboxylic acids is 1. The van der Waals surface area contributed by atoms with Gasteiger partial charge in [-0.25, -0.2) is 0 Å². The number of methoxy groups -OCH3 is 2. The van der Waals surface area contributed by atoms with E-state index in [2.05, 4.69) is 17.3 Å². The Bertz CT molecular complexity index is 611. The average molecular weight is 346 g/mol. The van der Waals surface area contributed by atoms with Crippen LogP contribution in [0.5, 0.6) is 11.5 Å². The normalized spacial score (nSPS) is 22.8. The summed E-state index contributed by atoms with van der Waals surface area (Å²) in [5.74, 6) is 1.52. The zero-order valence-electron chi connectivity index (χ0n) is 15.6. The Hall–Kier alpha value is -1.75. The maximum absolute atomic E-state index is 12.7. The third kappa shape index (κ3) is 3.61. The van der Waals surface area contributed by atoms with Crippen LogP contribution in [0.2, 0.25) is 0 Å². The fourth-order valence-corrected chi connectivity index (χ4v) is 4.78. The first-order chi connectivity index (χ1) is 12.1. The number of para-hydroxylation sites is 1. The first kappa shape index (κ1) is 18.1. The minimum Gasteiger partial charge on any atom is -0.493 e. The molecule has 1 saturated heterocycles. The predicted octanol–water partition coefficient (Wildman–Crippen LogP) is 2.95. The molecule has 2 fully saturated rings. The van der Waals surface area contributed by atoms with Gasteiger partial charge in [0.1, 0.15) is 0 Å². The van der Waals surface area contributed by atoms with Crippen molar-refractivity contribution in [3.05, 3.63) is 23.8 Å². The molecule has 2 aliphatic rings. The molecular formula is C20H30N2O3. The van der Waals surface area contributed by atoms with Crippen LogP contribution in [0.4, 0.5) is 0 Å². The lowest BCUT2D eigenvalue weighted by Gasteiger charge is -2.38. The second kappa shape index (κ2) is 7.65. The van der Waals surface area contributed by atoms with Gasteiger partial charge in [0.05, 0.1) is 19.8 Å². The van der Waals surface area contributed by atoms with Crippen LogP contribution in [0.1, 0.15) is 42.5 Å². The maximum Gasteiger partial charge on any atom is 0.255 e. The van der Waals surface area contributed by atoms with Crippen molar-refractivity contribution in [1.82, 2.24) is 10.2 Å². The summed E-state index contributed by atoms with van der Waals surface area (Å²) < 4.78 is 10.7. The van der Waals surface area contributed by atoms with Crippen molar-refractivity contribution in [2.45, 2.75) is 32.1 Å². The second-order valence-corrected chi connectivity index (χ2v) is 7.57. The van der Waals surface area contributed by atoms with Crippen LogP contribution in [0.15, 0.2) is 18.2 Å². The van der Waals surface area contributed by atoms with Crippen LogP contribution < -0.4 is 14.8 Å². The van der Waals surface area contributed by atoms with Gasteiger partial charge in [-0.15, -0.1) is 0 Å². The number of ether oxygens (including phenoxy) is 2. The SMILES string of the molecule is COc1cccc(C(=O)NCC2CN(C)CC23CCCCC3)c1OC. The highest BCUT2D eigenvalue weighted by Gasteiger charge is 2.45. The number of amides is 1. The third-order valence-electron chi connectivity index (χ3n) is 5.99. The van der Waals surface area contributed by atoms with E-state index < -0.39 is 0 Å². The monoisotopic (exact) mass is 346 g/mol. The van der Waals surface area contributed by atoms with Crippen molar-refractivity contribution >= 4 is 5.91 Å². The molecule has 1 heterocycles. The molecule has 0 aromatic heterocycles. The summed E-state index contributed by atoms with van der Waals surface area (Å²) in [5, 5.41) is 3.16. The molecule has 5 heteroatoms. The predicted molar refractivity (Wildman–Crippen MR) is 98.4 cm³/mol. The highest BCUT2D eigenvalue weighted by atomic mass is 16.5. The Morgan fingerprint density at radius 3 is 2.68 bits per heavy atom. The molecule has 1 aromatic carbocycles. The standard InChI is InChI=1S/C20H30N2O3/c1-22-13-15(20(14-22)10-5-4-6-11-20)12-21-19(23)16-8-7-9-17(24-2)18(16)25-3/h7-9,15H,4-6,10-14H2,1-3H3,(H,21,23). The molecule has 25 heavy (non-hydrogen) atoms. The van der Waals surface area contributed by atoms with Gasteiger partial charge in [-0.1, -0.05) is 25.3 Å². The molecule has 1 aromatic rings. The third-order valence-corrected chi connectivity index (χ3v) is 5.99. The first-order valence-electron chi connectivity index (χ1n) is 9.27. The fourth-order valence-electron chi connectivity index (χ4n) is 4.78. The summed E-state index contributed by atoms with van der Waals surface area (Å²) in [5.41, 5.74) is 0.921. The van der Waals surface area contributed by atoms with Crippen LogP contribution >= 0.6 is 0 Å². The first-order valence-corrected chi connectivity index (χ1v) is 9.27. The highest BCUT2D eigenvalue weighted by Crippen LogP contribution is 2.46. The van der Waals surface area contributed by atoms with Crippen LogP contribution in [-0.4, -0.2) is 51.7 Å². The summed E-state index contributed by atoms with van der Waals surface area (Å²) >= 11 is 0. The van der Waals surface area contributed by atoms with Crippen molar-refractivity contribution < 1.29 is 14.3 Å². The van der Waals surface area contributed by atoms with E-state index in [4.69, 9.17) is 9.47 Å². The van der Waals surface area contributed by atoms with Crippen molar-refractivity contribution in [3.8, 4) is 11.5 Å². The second-order valence-electron chi connectivity index (χ2n) is 7.57. The van der Waals surface area contributed by atoms with E-state index in [9.17, 15) is 4.79 Å². The number of nitrogens with one attached hydrogen (secondary N) is 1. The van der Waals surface area contributed by atoms with Gasteiger partial charge < -0.3 is 19.7 Å². The molecule has 1 saturated carbocycles. The summed E-state index contributed by atoms with van der Waals surface area (Å²) in [6.45, 7) is 2.95. The quantitative estimate of drug-likeness (QED) is 0.891. The maximum atomic E-state index is 12.7. The Balaban J connectivity index is 1.70. The highest BCUT2D eigenvalue weighted by molar-refractivity contribution is 5.97. The molecule has 1 aliphatic carbocycles. The number of benzene rings is 1. The smallest absolute Gasteiger partial charge is 0.255 e. The number of nitrogens with zero attached hydrogens (tertiary/aromatic N) is 1. The van der Waals surface area contributed by atoms with Crippen LogP contribution in [-0.2, 0) is 0 Å². The van der Waals surface area contributed by atoms with Gasteiger partial charge in [0.25, 0.3) is 5.91 Å². The molecule has 0 radical (unpaired) electrons. The van der Waals surface area contributed by atoms with Crippen molar-refractivity contribution in [2.75, 3.05) is 40.9 Å². The van der Waals surface area contributed by atoms with Crippen molar-refractivity contribution in [3.63, 3.8) is 0 Å². The molecule has 1 N–H and O–H groups in total. The molecule has 1 atom stereocenters. The summed E-state index contributed by atoms with van der Waals surface area (Å²) in [4.78, 5) is 15.2. The molecule has 3 rings (SSSR count). The van der Waals surface area contributed by atoms with Gasteiger partial charge in [-0.3, -0.25) is 4.79 Å².